The van der Waals surface area contributed by atoms with Crippen LogP contribution in [0.2, 0.25) is 0 Å². The monoisotopic (exact) mass is 398 g/mol. The van der Waals surface area contributed by atoms with Crippen molar-refractivity contribution in [1.29, 1.82) is 0 Å². The highest BCUT2D eigenvalue weighted by Crippen LogP contribution is 2.25. The quantitative estimate of drug-likeness (QED) is 0.420. The summed E-state index contributed by atoms with van der Waals surface area (Å²) in [5.74, 6) is -0.351. The molecule has 10 heteroatoms. The molecule has 1 aliphatic rings. The third-order valence-electron chi connectivity index (χ3n) is 4.67. The van der Waals surface area contributed by atoms with Gasteiger partial charge in [0.15, 0.2) is 0 Å². The summed E-state index contributed by atoms with van der Waals surface area (Å²) in [5.41, 5.74) is 0.448. The second kappa shape index (κ2) is 9.11. The van der Waals surface area contributed by atoms with Gasteiger partial charge in [0, 0.05) is 56.7 Å². The number of imidazole rings is 1. The number of carbonyl (C=O) groups is 2. The van der Waals surface area contributed by atoms with Crippen LogP contribution in [0.1, 0.15) is 10.4 Å². The number of benzene rings is 1. The fourth-order valence-corrected chi connectivity index (χ4v) is 3.16. The number of rotatable bonds is 7. The minimum absolute atomic E-state index is 0.0876. The molecular formula is C19H22N6O4. The number of carbonyl (C=O) groups excluding carboxylic acids is 2. The molecule has 0 saturated carbocycles. The Kier molecular flexibility index (Phi) is 6.35. The Balaban J connectivity index is 1.65. The van der Waals surface area contributed by atoms with Crippen molar-refractivity contribution in [2.24, 2.45) is 0 Å². The fourth-order valence-electron chi connectivity index (χ4n) is 3.16. The number of nitrogens with one attached hydrogen (secondary N) is 1. The predicted molar refractivity (Wildman–Crippen MR) is 106 cm³/mol. The van der Waals surface area contributed by atoms with Crippen LogP contribution in [0.3, 0.4) is 0 Å². The molecule has 1 fully saturated rings. The minimum atomic E-state index is -0.508. The summed E-state index contributed by atoms with van der Waals surface area (Å²) < 4.78 is 1.53. The molecule has 2 amide bonds. The van der Waals surface area contributed by atoms with Crippen molar-refractivity contribution in [2.75, 3.05) is 39.3 Å². The summed E-state index contributed by atoms with van der Waals surface area (Å²) in [4.78, 5) is 43.1. The first-order chi connectivity index (χ1) is 14.0. The molecule has 1 N–H and O–H groups in total. The van der Waals surface area contributed by atoms with Crippen LogP contribution in [-0.4, -0.2) is 75.4 Å². The Hall–Kier alpha value is -3.53. The summed E-state index contributed by atoms with van der Waals surface area (Å²) >= 11 is 0. The van der Waals surface area contributed by atoms with Gasteiger partial charge in [-0.1, -0.05) is 6.08 Å². The van der Waals surface area contributed by atoms with E-state index in [0.717, 1.165) is 0 Å². The highest BCUT2D eigenvalue weighted by atomic mass is 16.6. The molecule has 3 rings (SSSR count). The normalized spacial score (nSPS) is 14.4. The maximum Gasteiger partial charge on any atom is 0.294 e. The number of nitro benzene ring substituents is 1. The van der Waals surface area contributed by atoms with Crippen LogP contribution >= 0.6 is 0 Å². The van der Waals surface area contributed by atoms with Gasteiger partial charge in [-0.15, -0.1) is 6.58 Å². The SMILES string of the molecule is C=CCNC(=O)CN1CCN(C(=O)c2ccc(-n3ccnc3)c([N+](=O)[O-])c2)CC1. The zero-order valence-corrected chi connectivity index (χ0v) is 15.9. The van der Waals surface area contributed by atoms with E-state index in [1.165, 1.54) is 23.2 Å². The zero-order chi connectivity index (χ0) is 20.8. The van der Waals surface area contributed by atoms with E-state index in [-0.39, 0.29) is 29.6 Å². The lowest BCUT2D eigenvalue weighted by Crippen LogP contribution is -2.51. The Bertz CT molecular complexity index is 903. The van der Waals surface area contributed by atoms with Crippen molar-refractivity contribution in [1.82, 2.24) is 24.7 Å². The van der Waals surface area contributed by atoms with E-state index in [2.05, 4.69) is 16.9 Å². The highest BCUT2D eigenvalue weighted by Gasteiger charge is 2.25. The molecule has 1 aromatic heterocycles. The third kappa shape index (κ3) is 4.85. The summed E-state index contributed by atoms with van der Waals surface area (Å²) in [5, 5.41) is 14.2. The lowest BCUT2D eigenvalue weighted by Gasteiger charge is -2.34. The number of amides is 2. The molecule has 0 spiro atoms. The molecule has 1 aliphatic heterocycles. The number of nitrogens with zero attached hydrogens (tertiary/aromatic N) is 5. The lowest BCUT2D eigenvalue weighted by molar-refractivity contribution is -0.384. The summed E-state index contributed by atoms with van der Waals surface area (Å²) in [6.45, 7) is 6.26. The van der Waals surface area contributed by atoms with Gasteiger partial charge in [0.25, 0.3) is 11.6 Å². The van der Waals surface area contributed by atoms with Gasteiger partial charge in [-0.3, -0.25) is 24.6 Å². The second-order valence-corrected chi connectivity index (χ2v) is 6.59. The smallest absolute Gasteiger partial charge is 0.294 e. The molecule has 1 aromatic carbocycles. The van der Waals surface area contributed by atoms with Crippen LogP contribution in [-0.2, 0) is 4.79 Å². The first-order valence-corrected chi connectivity index (χ1v) is 9.15. The van der Waals surface area contributed by atoms with Gasteiger partial charge in [-0.05, 0) is 12.1 Å². The van der Waals surface area contributed by atoms with Gasteiger partial charge in [0.1, 0.15) is 5.69 Å². The maximum atomic E-state index is 12.8. The van der Waals surface area contributed by atoms with Crippen molar-refractivity contribution in [2.45, 2.75) is 0 Å². The lowest BCUT2D eigenvalue weighted by atomic mass is 10.1. The number of aromatic nitrogens is 2. The average molecular weight is 398 g/mol. The largest absolute Gasteiger partial charge is 0.352 e. The van der Waals surface area contributed by atoms with Crippen LogP contribution in [0.15, 0.2) is 49.6 Å². The van der Waals surface area contributed by atoms with Crippen LogP contribution in [0.25, 0.3) is 5.69 Å². The fraction of sp³-hybridized carbons (Fsp3) is 0.316. The van der Waals surface area contributed by atoms with Crippen molar-refractivity contribution >= 4 is 17.5 Å². The standard InChI is InChI=1S/C19H22N6O4/c1-2-5-21-18(26)13-22-8-10-23(11-9-22)19(27)15-3-4-16(17(12-15)25(28)29)24-7-6-20-14-24/h2-4,6-7,12,14H,1,5,8-11,13H2,(H,21,26). The number of hydrogen-bond donors (Lipinski definition) is 1. The summed E-state index contributed by atoms with van der Waals surface area (Å²) in [6, 6.07) is 4.43. The van der Waals surface area contributed by atoms with E-state index >= 15 is 0 Å². The molecular weight excluding hydrogens is 376 g/mol. The average Bonchev–Trinajstić information content (AvgIpc) is 3.26. The van der Waals surface area contributed by atoms with E-state index in [1.54, 1.807) is 29.3 Å². The van der Waals surface area contributed by atoms with Gasteiger partial charge in [0.05, 0.1) is 17.8 Å². The molecule has 0 atom stereocenters. The van der Waals surface area contributed by atoms with E-state index in [9.17, 15) is 19.7 Å². The topological polar surface area (TPSA) is 114 Å². The van der Waals surface area contributed by atoms with Crippen molar-refractivity contribution < 1.29 is 14.5 Å². The van der Waals surface area contributed by atoms with Crippen molar-refractivity contribution in [3.05, 3.63) is 65.3 Å². The molecule has 0 unspecified atom stereocenters. The predicted octanol–water partition coefficient (Wildman–Crippen LogP) is 0.840. The molecule has 152 valence electrons. The molecule has 2 aromatic rings. The van der Waals surface area contributed by atoms with Crippen molar-refractivity contribution in [3.8, 4) is 5.69 Å². The first-order valence-electron chi connectivity index (χ1n) is 9.15. The van der Waals surface area contributed by atoms with Gasteiger partial charge < -0.3 is 14.8 Å². The van der Waals surface area contributed by atoms with Crippen LogP contribution in [0.5, 0.6) is 0 Å². The Labute approximate surface area is 167 Å². The number of nitro groups is 1. The van der Waals surface area contributed by atoms with Crippen molar-refractivity contribution in [3.63, 3.8) is 0 Å². The second-order valence-electron chi connectivity index (χ2n) is 6.59. The highest BCUT2D eigenvalue weighted by molar-refractivity contribution is 5.95. The minimum Gasteiger partial charge on any atom is -0.352 e. The Morgan fingerprint density at radius 2 is 2.03 bits per heavy atom. The molecule has 29 heavy (non-hydrogen) atoms. The molecule has 0 radical (unpaired) electrons. The number of piperazine rings is 1. The van der Waals surface area contributed by atoms with Gasteiger partial charge in [-0.25, -0.2) is 4.98 Å². The molecule has 2 heterocycles. The third-order valence-corrected chi connectivity index (χ3v) is 4.67. The maximum absolute atomic E-state index is 12.8. The van der Waals surface area contributed by atoms with Crippen LogP contribution in [0, 0.1) is 10.1 Å². The summed E-state index contributed by atoms with van der Waals surface area (Å²) in [6.07, 6.45) is 6.22. The van der Waals surface area contributed by atoms with E-state index in [4.69, 9.17) is 0 Å². The Morgan fingerprint density at radius 3 is 2.66 bits per heavy atom. The zero-order valence-electron chi connectivity index (χ0n) is 15.9. The summed E-state index contributed by atoms with van der Waals surface area (Å²) in [7, 11) is 0. The van der Waals surface area contributed by atoms with Gasteiger partial charge >= 0.3 is 0 Å². The molecule has 1 saturated heterocycles. The molecule has 0 bridgehead atoms. The van der Waals surface area contributed by atoms with E-state index in [0.29, 0.717) is 38.4 Å². The Morgan fingerprint density at radius 1 is 1.28 bits per heavy atom. The van der Waals surface area contributed by atoms with E-state index < -0.39 is 4.92 Å². The molecule has 10 nitrogen and oxygen atoms in total. The van der Waals surface area contributed by atoms with Crippen LogP contribution in [0.4, 0.5) is 5.69 Å². The van der Waals surface area contributed by atoms with E-state index in [1.807, 2.05) is 4.90 Å². The first kappa shape index (κ1) is 20.2. The molecule has 0 aliphatic carbocycles. The van der Waals surface area contributed by atoms with Gasteiger partial charge in [-0.2, -0.15) is 0 Å². The number of hydrogen-bond acceptors (Lipinski definition) is 6. The van der Waals surface area contributed by atoms with Gasteiger partial charge in [0.2, 0.25) is 5.91 Å². The van der Waals surface area contributed by atoms with Crippen LogP contribution < -0.4 is 5.32 Å².